The van der Waals surface area contributed by atoms with Gasteiger partial charge < -0.3 is 9.84 Å². The Kier molecular flexibility index (Phi) is 5.89. The molecule has 6 heteroatoms. The molecule has 0 saturated carbocycles. The second-order valence-corrected chi connectivity index (χ2v) is 8.65. The third-order valence-corrected chi connectivity index (χ3v) is 6.13. The number of aliphatic hydroxyl groups is 1. The van der Waals surface area contributed by atoms with Gasteiger partial charge in [-0.25, -0.2) is 0 Å². The van der Waals surface area contributed by atoms with Gasteiger partial charge in [-0.15, -0.1) is 0 Å². The molecule has 1 fully saturated rings. The number of amides is 1. The van der Waals surface area contributed by atoms with Crippen LogP contribution in [0.3, 0.4) is 0 Å². The molecule has 3 aromatic carbocycles. The van der Waals surface area contributed by atoms with Crippen molar-refractivity contribution in [2.45, 2.75) is 19.9 Å². The monoisotopic (exact) mass is 491 g/mol. The third kappa shape index (κ3) is 3.82. The molecule has 0 spiro atoms. The number of carbonyl (C=O) groups excluding carboxylic acids is 2. The molecular formula is C26H22BrNO4. The van der Waals surface area contributed by atoms with Crippen LogP contribution < -0.4 is 9.64 Å². The lowest BCUT2D eigenvalue weighted by Crippen LogP contribution is -2.30. The number of ketones is 1. The number of nitrogens with zero attached hydrogens (tertiary/aromatic N) is 1. The number of methoxy groups -OCH3 is 1. The molecule has 1 atom stereocenters. The molecule has 0 aliphatic carbocycles. The van der Waals surface area contributed by atoms with Crippen molar-refractivity contribution in [3.05, 3.63) is 99.0 Å². The van der Waals surface area contributed by atoms with Gasteiger partial charge >= 0.3 is 0 Å². The van der Waals surface area contributed by atoms with E-state index in [1.54, 1.807) is 55.6 Å². The second kappa shape index (κ2) is 8.63. The maximum Gasteiger partial charge on any atom is 0.300 e. The van der Waals surface area contributed by atoms with E-state index in [2.05, 4.69) is 15.9 Å². The summed E-state index contributed by atoms with van der Waals surface area (Å²) < 4.78 is 6.10. The van der Waals surface area contributed by atoms with Crippen molar-refractivity contribution in [3.63, 3.8) is 0 Å². The van der Waals surface area contributed by atoms with Crippen molar-refractivity contribution in [2.75, 3.05) is 12.0 Å². The van der Waals surface area contributed by atoms with Crippen molar-refractivity contribution in [3.8, 4) is 5.75 Å². The fourth-order valence-corrected chi connectivity index (χ4v) is 4.29. The summed E-state index contributed by atoms with van der Waals surface area (Å²) in [7, 11) is 1.57. The molecule has 1 aliphatic rings. The summed E-state index contributed by atoms with van der Waals surface area (Å²) in [5.41, 5.74) is 3.78. The predicted octanol–water partition coefficient (Wildman–Crippen LogP) is 5.70. The minimum Gasteiger partial charge on any atom is -0.507 e. The lowest BCUT2D eigenvalue weighted by Gasteiger charge is -2.27. The highest BCUT2D eigenvalue weighted by molar-refractivity contribution is 9.10. The van der Waals surface area contributed by atoms with Gasteiger partial charge in [0.05, 0.1) is 18.7 Å². The van der Waals surface area contributed by atoms with E-state index in [1.165, 1.54) is 4.90 Å². The molecule has 162 valence electrons. The Hall–Kier alpha value is -3.38. The first-order chi connectivity index (χ1) is 15.3. The summed E-state index contributed by atoms with van der Waals surface area (Å²) in [6.45, 7) is 3.88. The van der Waals surface area contributed by atoms with Crippen LogP contribution in [0.4, 0.5) is 5.69 Å². The summed E-state index contributed by atoms with van der Waals surface area (Å²) in [6, 6.07) is 19.1. The first kappa shape index (κ1) is 21.8. The Balaban J connectivity index is 1.95. The summed E-state index contributed by atoms with van der Waals surface area (Å²) in [5.74, 6) is -0.934. The Morgan fingerprint density at radius 1 is 0.969 bits per heavy atom. The maximum atomic E-state index is 13.2. The number of halogens is 1. The molecule has 1 amide bonds. The smallest absolute Gasteiger partial charge is 0.300 e. The number of rotatable bonds is 4. The predicted molar refractivity (Wildman–Crippen MR) is 128 cm³/mol. The Morgan fingerprint density at radius 2 is 1.62 bits per heavy atom. The van der Waals surface area contributed by atoms with E-state index in [0.29, 0.717) is 22.6 Å². The number of Topliss-reactive ketones (excluding diaryl/α,β-unsaturated/α-hetero) is 1. The Bertz CT molecular complexity index is 1230. The number of hydrogen-bond donors (Lipinski definition) is 1. The fraction of sp³-hybridized carbons (Fsp3) is 0.154. The van der Waals surface area contributed by atoms with Crippen molar-refractivity contribution in [1.29, 1.82) is 0 Å². The number of aryl methyl sites for hydroxylation is 2. The van der Waals surface area contributed by atoms with Crippen LogP contribution in [0.25, 0.3) is 5.76 Å². The van der Waals surface area contributed by atoms with Gasteiger partial charge in [-0.3, -0.25) is 14.5 Å². The largest absolute Gasteiger partial charge is 0.507 e. The first-order valence-corrected chi connectivity index (χ1v) is 10.9. The molecule has 0 aromatic heterocycles. The zero-order valence-electron chi connectivity index (χ0n) is 17.9. The van der Waals surface area contributed by atoms with Gasteiger partial charge in [-0.05, 0) is 55.3 Å². The van der Waals surface area contributed by atoms with Gasteiger partial charge in [0.15, 0.2) is 0 Å². The minimum absolute atomic E-state index is 0.0578. The summed E-state index contributed by atoms with van der Waals surface area (Å²) >= 11 is 3.38. The molecule has 1 N–H and O–H groups in total. The summed E-state index contributed by atoms with van der Waals surface area (Å²) in [4.78, 5) is 27.9. The molecule has 1 saturated heterocycles. The quantitative estimate of drug-likeness (QED) is 0.288. The van der Waals surface area contributed by atoms with Crippen LogP contribution in [0.5, 0.6) is 5.75 Å². The van der Waals surface area contributed by atoms with E-state index in [1.807, 2.05) is 32.0 Å². The van der Waals surface area contributed by atoms with Crippen molar-refractivity contribution >= 4 is 39.1 Å². The fourth-order valence-electron chi connectivity index (χ4n) is 4.02. The number of anilines is 1. The first-order valence-electron chi connectivity index (χ1n) is 10.1. The lowest BCUT2D eigenvalue weighted by molar-refractivity contribution is -0.132. The van der Waals surface area contributed by atoms with Gasteiger partial charge in [0.25, 0.3) is 11.7 Å². The second-order valence-electron chi connectivity index (χ2n) is 7.74. The van der Waals surface area contributed by atoms with Gasteiger partial charge in [0.1, 0.15) is 11.5 Å². The van der Waals surface area contributed by atoms with Crippen molar-refractivity contribution in [1.82, 2.24) is 0 Å². The molecule has 1 unspecified atom stereocenters. The highest BCUT2D eigenvalue weighted by atomic mass is 79.9. The molecule has 0 radical (unpaired) electrons. The SMILES string of the molecule is COc1ccc(C2/C(=C(\O)c3ccc(Br)cc3)C(=O)C(=O)N2c2ccc(C)cc2C)cc1. The molecule has 3 aromatic rings. The van der Waals surface area contributed by atoms with Crippen LogP contribution in [0.15, 0.2) is 76.8 Å². The van der Waals surface area contributed by atoms with E-state index in [9.17, 15) is 14.7 Å². The minimum atomic E-state index is -0.772. The van der Waals surface area contributed by atoms with Crippen LogP contribution >= 0.6 is 15.9 Å². The van der Waals surface area contributed by atoms with E-state index < -0.39 is 17.7 Å². The number of aliphatic hydroxyl groups excluding tert-OH is 1. The molecule has 4 rings (SSSR count). The van der Waals surface area contributed by atoms with E-state index in [4.69, 9.17) is 4.74 Å². The van der Waals surface area contributed by atoms with E-state index in [-0.39, 0.29) is 11.3 Å². The van der Waals surface area contributed by atoms with Gasteiger partial charge in [-0.1, -0.05) is 57.9 Å². The number of carbonyl (C=O) groups is 2. The zero-order chi connectivity index (χ0) is 23.0. The average molecular weight is 492 g/mol. The van der Waals surface area contributed by atoms with Crippen LogP contribution in [0.1, 0.15) is 28.3 Å². The van der Waals surface area contributed by atoms with Crippen molar-refractivity contribution < 1.29 is 19.4 Å². The van der Waals surface area contributed by atoms with Gasteiger partial charge in [0, 0.05) is 15.7 Å². The third-order valence-electron chi connectivity index (χ3n) is 5.61. The molecular weight excluding hydrogens is 470 g/mol. The highest BCUT2D eigenvalue weighted by Gasteiger charge is 2.47. The number of ether oxygens (including phenoxy) is 1. The van der Waals surface area contributed by atoms with Crippen LogP contribution in [-0.2, 0) is 9.59 Å². The average Bonchev–Trinajstić information content (AvgIpc) is 3.04. The van der Waals surface area contributed by atoms with Crippen LogP contribution in [0.2, 0.25) is 0 Å². The Labute approximate surface area is 195 Å². The zero-order valence-corrected chi connectivity index (χ0v) is 19.5. The van der Waals surface area contributed by atoms with Gasteiger partial charge in [0.2, 0.25) is 0 Å². The highest BCUT2D eigenvalue weighted by Crippen LogP contribution is 2.43. The van der Waals surface area contributed by atoms with E-state index in [0.717, 1.165) is 15.6 Å². The molecule has 32 heavy (non-hydrogen) atoms. The van der Waals surface area contributed by atoms with Crippen LogP contribution in [0, 0.1) is 13.8 Å². The molecule has 1 heterocycles. The standard InChI is InChI=1S/C26H22BrNO4/c1-15-4-13-21(16(2)14-15)28-23(17-7-11-20(32-3)12-8-17)22(25(30)26(28)31)24(29)18-5-9-19(27)10-6-18/h4-14,23,29H,1-3H3/b24-22+. The Morgan fingerprint density at radius 3 is 2.22 bits per heavy atom. The van der Waals surface area contributed by atoms with Crippen molar-refractivity contribution in [2.24, 2.45) is 0 Å². The molecule has 0 bridgehead atoms. The molecule has 1 aliphatic heterocycles. The lowest BCUT2D eigenvalue weighted by atomic mass is 9.94. The topological polar surface area (TPSA) is 66.8 Å². The maximum absolute atomic E-state index is 13.2. The normalized spacial score (nSPS) is 17.6. The number of hydrogen-bond acceptors (Lipinski definition) is 4. The van der Waals surface area contributed by atoms with Crippen LogP contribution in [-0.4, -0.2) is 23.9 Å². The van der Waals surface area contributed by atoms with Gasteiger partial charge in [-0.2, -0.15) is 0 Å². The summed E-state index contributed by atoms with van der Waals surface area (Å²) in [5, 5.41) is 11.1. The van der Waals surface area contributed by atoms with E-state index >= 15 is 0 Å². The molecule has 5 nitrogen and oxygen atoms in total. The summed E-state index contributed by atoms with van der Waals surface area (Å²) in [6.07, 6.45) is 0. The number of benzene rings is 3.